The van der Waals surface area contributed by atoms with E-state index in [0.717, 1.165) is 39.0 Å². The minimum absolute atomic E-state index is 0.126. The molecule has 5 heteroatoms. The number of carbonyl (C=O) groups is 2. The van der Waals surface area contributed by atoms with Crippen LogP contribution in [0.3, 0.4) is 0 Å². The van der Waals surface area contributed by atoms with Crippen LogP contribution in [0.25, 0.3) is 0 Å². The predicted octanol–water partition coefficient (Wildman–Crippen LogP) is 1.27. The molecule has 0 bridgehead atoms. The fourth-order valence-electron chi connectivity index (χ4n) is 3.07. The molecule has 2 rings (SSSR count). The lowest BCUT2D eigenvalue weighted by Crippen LogP contribution is -2.43. The Hall–Kier alpha value is -1.10. The Labute approximate surface area is 121 Å². The Bertz CT molecular complexity index is 340. The van der Waals surface area contributed by atoms with Gasteiger partial charge in [-0.05, 0) is 45.7 Å². The summed E-state index contributed by atoms with van der Waals surface area (Å²) in [5.74, 6) is -0.0881. The average molecular weight is 282 g/mol. The molecule has 1 unspecified atom stereocenters. The van der Waals surface area contributed by atoms with Crippen LogP contribution in [0.4, 0.5) is 0 Å². The molecule has 2 fully saturated rings. The van der Waals surface area contributed by atoms with E-state index in [4.69, 9.17) is 4.74 Å². The second-order valence-corrected chi connectivity index (χ2v) is 5.73. The van der Waals surface area contributed by atoms with Gasteiger partial charge in [0, 0.05) is 26.1 Å². The van der Waals surface area contributed by atoms with Crippen molar-refractivity contribution >= 4 is 11.9 Å². The number of carbonyl (C=O) groups excluding carboxylic acids is 2. The van der Waals surface area contributed by atoms with Gasteiger partial charge < -0.3 is 14.5 Å². The smallest absolute Gasteiger partial charge is 0.310 e. The van der Waals surface area contributed by atoms with Crippen molar-refractivity contribution in [1.82, 2.24) is 9.80 Å². The highest BCUT2D eigenvalue weighted by molar-refractivity contribution is 5.78. The van der Waals surface area contributed by atoms with Crippen molar-refractivity contribution < 1.29 is 14.3 Å². The van der Waals surface area contributed by atoms with Gasteiger partial charge in [-0.25, -0.2) is 0 Å². The van der Waals surface area contributed by atoms with E-state index in [9.17, 15) is 9.59 Å². The number of hydrogen-bond donors (Lipinski definition) is 0. The van der Waals surface area contributed by atoms with Crippen LogP contribution in [0.15, 0.2) is 0 Å². The van der Waals surface area contributed by atoms with Gasteiger partial charge >= 0.3 is 5.97 Å². The molecule has 0 aromatic heterocycles. The summed E-state index contributed by atoms with van der Waals surface area (Å²) >= 11 is 0. The second kappa shape index (κ2) is 7.62. The van der Waals surface area contributed by atoms with E-state index in [1.807, 2.05) is 11.8 Å². The van der Waals surface area contributed by atoms with Gasteiger partial charge in [-0.15, -0.1) is 0 Å². The lowest BCUT2D eigenvalue weighted by molar-refractivity contribution is -0.151. The predicted molar refractivity (Wildman–Crippen MR) is 76.2 cm³/mol. The molecular weight excluding hydrogens is 256 g/mol. The molecule has 2 saturated heterocycles. The van der Waals surface area contributed by atoms with Crippen molar-refractivity contribution in [1.29, 1.82) is 0 Å². The average Bonchev–Trinajstić information content (AvgIpc) is 2.98. The number of piperidine rings is 1. The molecule has 0 N–H and O–H groups in total. The first-order valence-electron chi connectivity index (χ1n) is 7.87. The molecule has 0 saturated carbocycles. The summed E-state index contributed by atoms with van der Waals surface area (Å²) < 4.78 is 5.07. The Morgan fingerprint density at radius 2 is 1.90 bits per heavy atom. The van der Waals surface area contributed by atoms with E-state index >= 15 is 0 Å². The van der Waals surface area contributed by atoms with E-state index in [2.05, 4.69) is 4.90 Å². The minimum atomic E-state index is -0.149. The molecule has 1 amide bonds. The highest BCUT2D eigenvalue weighted by Crippen LogP contribution is 2.19. The summed E-state index contributed by atoms with van der Waals surface area (Å²) in [6.07, 6.45) is 4.83. The van der Waals surface area contributed by atoms with Crippen molar-refractivity contribution in [2.45, 2.75) is 39.0 Å². The van der Waals surface area contributed by atoms with Gasteiger partial charge in [0.15, 0.2) is 0 Å². The number of hydrogen-bond acceptors (Lipinski definition) is 4. The van der Waals surface area contributed by atoms with Crippen LogP contribution in [0.1, 0.15) is 39.0 Å². The number of amides is 1. The summed E-state index contributed by atoms with van der Waals surface area (Å²) in [4.78, 5) is 28.2. The monoisotopic (exact) mass is 282 g/mol. The molecule has 1 atom stereocenters. The largest absolute Gasteiger partial charge is 0.466 e. The highest BCUT2D eigenvalue weighted by Gasteiger charge is 2.29. The Morgan fingerprint density at radius 3 is 2.60 bits per heavy atom. The topological polar surface area (TPSA) is 49.9 Å². The number of likely N-dealkylation sites (tertiary alicyclic amines) is 2. The second-order valence-electron chi connectivity index (χ2n) is 5.73. The maximum absolute atomic E-state index is 12.2. The number of ether oxygens (including phenoxy) is 1. The van der Waals surface area contributed by atoms with Crippen molar-refractivity contribution in [2.75, 3.05) is 39.3 Å². The highest BCUT2D eigenvalue weighted by atomic mass is 16.5. The fraction of sp³-hybridized carbons (Fsp3) is 0.867. The fourth-order valence-corrected chi connectivity index (χ4v) is 3.07. The van der Waals surface area contributed by atoms with E-state index in [-0.39, 0.29) is 17.8 Å². The van der Waals surface area contributed by atoms with Crippen molar-refractivity contribution in [3.63, 3.8) is 0 Å². The standard InChI is InChI=1S/C15H26N2O3/c1-2-20-15(19)13-6-5-10-17(12-13)14(18)7-11-16-8-3-4-9-16/h13H,2-12H2,1H3. The van der Waals surface area contributed by atoms with Crippen molar-refractivity contribution in [3.8, 4) is 0 Å². The summed E-state index contributed by atoms with van der Waals surface area (Å²) in [5.41, 5.74) is 0. The van der Waals surface area contributed by atoms with Crippen LogP contribution in [0.5, 0.6) is 0 Å². The lowest BCUT2D eigenvalue weighted by Gasteiger charge is -2.32. The Kier molecular flexibility index (Phi) is 5.83. The molecule has 0 radical (unpaired) electrons. The van der Waals surface area contributed by atoms with Crippen LogP contribution in [-0.2, 0) is 14.3 Å². The zero-order chi connectivity index (χ0) is 14.4. The third-order valence-corrected chi connectivity index (χ3v) is 4.23. The molecule has 20 heavy (non-hydrogen) atoms. The van der Waals surface area contributed by atoms with Crippen LogP contribution in [0, 0.1) is 5.92 Å². The van der Waals surface area contributed by atoms with E-state index in [0.29, 0.717) is 19.6 Å². The maximum atomic E-state index is 12.2. The molecule has 0 aromatic rings. The first kappa shape index (κ1) is 15.3. The number of rotatable bonds is 5. The first-order chi connectivity index (χ1) is 9.70. The summed E-state index contributed by atoms with van der Waals surface area (Å²) in [5, 5.41) is 0. The summed E-state index contributed by atoms with van der Waals surface area (Å²) in [6, 6.07) is 0. The quantitative estimate of drug-likeness (QED) is 0.713. The number of nitrogens with zero attached hydrogens (tertiary/aromatic N) is 2. The molecular formula is C15H26N2O3. The van der Waals surface area contributed by atoms with E-state index in [1.54, 1.807) is 0 Å². The zero-order valence-corrected chi connectivity index (χ0v) is 12.5. The molecule has 0 aliphatic carbocycles. The van der Waals surface area contributed by atoms with Gasteiger partial charge in [0.2, 0.25) is 5.91 Å². The molecule has 114 valence electrons. The van der Waals surface area contributed by atoms with Gasteiger partial charge in [-0.1, -0.05) is 0 Å². The minimum Gasteiger partial charge on any atom is -0.466 e. The third kappa shape index (κ3) is 4.20. The molecule has 2 aliphatic heterocycles. The lowest BCUT2D eigenvalue weighted by atomic mass is 9.98. The van der Waals surface area contributed by atoms with Gasteiger partial charge in [0.1, 0.15) is 0 Å². The summed E-state index contributed by atoms with van der Waals surface area (Å²) in [7, 11) is 0. The number of esters is 1. The third-order valence-electron chi connectivity index (χ3n) is 4.23. The Balaban J connectivity index is 1.75. The molecule has 2 heterocycles. The molecule has 0 spiro atoms. The van der Waals surface area contributed by atoms with Crippen LogP contribution >= 0.6 is 0 Å². The molecule has 0 aromatic carbocycles. The van der Waals surface area contributed by atoms with Crippen LogP contribution < -0.4 is 0 Å². The van der Waals surface area contributed by atoms with E-state index in [1.165, 1.54) is 12.8 Å². The van der Waals surface area contributed by atoms with Crippen molar-refractivity contribution in [3.05, 3.63) is 0 Å². The first-order valence-corrected chi connectivity index (χ1v) is 7.87. The van der Waals surface area contributed by atoms with Gasteiger partial charge in [-0.2, -0.15) is 0 Å². The van der Waals surface area contributed by atoms with Crippen molar-refractivity contribution in [2.24, 2.45) is 5.92 Å². The maximum Gasteiger partial charge on any atom is 0.310 e. The zero-order valence-electron chi connectivity index (χ0n) is 12.5. The van der Waals surface area contributed by atoms with Gasteiger partial charge in [0.25, 0.3) is 0 Å². The summed E-state index contributed by atoms with van der Waals surface area (Å²) in [6.45, 7) is 6.67. The molecule has 5 nitrogen and oxygen atoms in total. The SMILES string of the molecule is CCOC(=O)C1CCCN(C(=O)CCN2CCCC2)C1. The van der Waals surface area contributed by atoms with Gasteiger partial charge in [0.05, 0.1) is 12.5 Å². The van der Waals surface area contributed by atoms with Gasteiger partial charge in [-0.3, -0.25) is 9.59 Å². The van der Waals surface area contributed by atoms with E-state index < -0.39 is 0 Å². The molecule has 2 aliphatic rings. The Morgan fingerprint density at radius 1 is 1.15 bits per heavy atom. The van der Waals surface area contributed by atoms with Crippen LogP contribution in [0.2, 0.25) is 0 Å². The normalized spacial score (nSPS) is 23.9. The van der Waals surface area contributed by atoms with Crippen LogP contribution in [-0.4, -0.2) is 61.0 Å².